The van der Waals surface area contributed by atoms with Gasteiger partial charge in [0.25, 0.3) is 0 Å². The Morgan fingerprint density at radius 1 is 1.60 bits per heavy atom. The Morgan fingerprint density at radius 2 is 2.20 bits per heavy atom. The second-order valence-corrected chi connectivity index (χ2v) is 2.36. The van der Waals surface area contributed by atoms with Gasteiger partial charge in [0.05, 0.1) is 5.69 Å². The molecule has 0 aliphatic heterocycles. The van der Waals surface area contributed by atoms with Crippen LogP contribution in [-0.4, -0.2) is 15.7 Å². The van der Waals surface area contributed by atoms with E-state index in [1.54, 1.807) is 6.20 Å². The molecule has 1 rings (SSSR count). The van der Waals surface area contributed by atoms with Gasteiger partial charge >= 0.3 is 0 Å². The number of carbonyl (C=O) groups is 1. The highest BCUT2D eigenvalue weighted by Gasteiger charge is 2.01. The maximum Gasteiger partial charge on any atom is 0.243 e. The lowest BCUT2D eigenvalue weighted by molar-refractivity contribution is 0.0920. The van der Waals surface area contributed by atoms with Crippen molar-refractivity contribution >= 4 is 5.91 Å². The molecule has 0 unspecified atom stereocenters. The largest absolute Gasteiger partial charge is 0.273 e. The minimum atomic E-state index is -0.0452. The van der Waals surface area contributed by atoms with E-state index in [1.165, 1.54) is 11.6 Å². The van der Waals surface area contributed by atoms with Crippen LogP contribution in [0.4, 0.5) is 0 Å². The smallest absolute Gasteiger partial charge is 0.243 e. The Labute approximate surface area is 59.7 Å². The predicted molar refractivity (Wildman–Crippen MR) is 38.0 cm³/mol. The van der Waals surface area contributed by atoms with Crippen LogP contribution in [0, 0.1) is 13.8 Å². The predicted octanol–water partition coefficient (Wildman–Crippen LogP) is 1.16. The Morgan fingerprint density at radius 3 is 2.40 bits per heavy atom. The first-order chi connectivity index (χ1) is 4.61. The number of nitrogens with zero attached hydrogens (tertiary/aromatic N) is 2. The van der Waals surface area contributed by atoms with Crippen LogP contribution in [0.25, 0.3) is 0 Å². The van der Waals surface area contributed by atoms with Crippen LogP contribution in [0.2, 0.25) is 0 Å². The van der Waals surface area contributed by atoms with E-state index in [-0.39, 0.29) is 5.91 Å². The van der Waals surface area contributed by atoms with Gasteiger partial charge in [-0.05, 0) is 19.4 Å². The normalized spacial score (nSPS) is 9.90. The van der Waals surface area contributed by atoms with Gasteiger partial charge in [-0.1, -0.05) is 0 Å². The summed E-state index contributed by atoms with van der Waals surface area (Å²) in [5.41, 5.74) is 1.96. The van der Waals surface area contributed by atoms with Crippen molar-refractivity contribution in [2.75, 3.05) is 0 Å². The quantitative estimate of drug-likeness (QED) is 0.539. The van der Waals surface area contributed by atoms with Crippen molar-refractivity contribution < 1.29 is 4.79 Å². The van der Waals surface area contributed by atoms with Crippen molar-refractivity contribution in [1.29, 1.82) is 0 Å². The fraction of sp³-hybridized carbons (Fsp3) is 0.429. The molecule has 0 atom stereocenters. The Hall–Kier alpha value is -1.12. The zero-order valence-corrected chi connectivity index (χ0v) is 6.38. The van der Waals surface area contributed by atoms with E-state index in [2.05, 4.69) is 5.10 Å². The fourth-order valence-electron chi connectivity index (χ4n) is 0.707. The summed E-state index contributed by atoms with van der Waals surface area (Å²) < 4.78 is 1.35. The molecule has 0 aliphatic carbocycles. The van der Waals surface area contributed by atoms with Crippen molar-refractivity contribution in [3.8, 4) is 0 Å². The standard InChI is InChI=1S/C7H10N2O/c1-5-4-9(7(3)10)8-6(5)2/h4H,1-3H3. The minimum Gasteiger partial charge on any atom is -0.273 e. The summed E-state index contributed by atoms with van der Waals surface area (Å²) in [5, 5.41) is 3.98. The van der Waals surface area contributed by atoms with Crippen LogP contribution in [-0.2, 0) is 0 Å². The minimum absolute atomic E-state index is 0.0452. The molecule has 10 heavy (non-hydrogen) atoms. The zero-order chi connectivity index (χ0) is 7.72. The van der Waals surface area contributed by atoms with Gasteiger partial charge in [-0.25, -0.2) is 4.68 Å². The number of carbonyl (C=O) groups excluding carboxylic acids is 1. The van der Waals surface area contributed by atoms with Crippen molar-refractivity contribution in [3.63, 3.8) is 0 Å². The highest BCUT2D eigenvalue weighted by molar-refractivity contribution is 5.75. The molecule has 0 amide bonds. The van der Waals surface area contributed by atoms with E-state index in [1.807, 2.05) is 13.8 Å². The summed E-state index contributed by atoms with van der Waals surface area (Å²) in [6.45, 7) is 5.31. The van der Waals surface area contributed by atoms with Gasteiger partial charge in [-0.2, -0.15) is 5.10 Å². The first kappa shape index (κ1) is 6.99. The van der Waals surface area contributed by atoms with Crippen molar-refractivity contribution in [1.82, 2.24) is 9.78 Å². The molecule has 0 bridgehead atoms. The molecule has 1 aromatic rings. The molecule has 0 aromatic carbocycles. The van der Waals surface area contributed by atoms with E-state index in [9.17, 15) is 4.79 Å². The second kappa shape index (κ2) is 2.25. The van der Waals surface area contributed by atoms with E-state index in [0.29, 0.717) is 0 Å². The molecule has 0 N–H and O–H groups in total. The van der Waals surface area contributed by atoms with Crippen LogP contribution in [0.15, 0.2) is 6.20 Å². The van der Waals surface area contributed by atoms with Crippen molar-refractivity contribution in [2.24, 2.45) is 0 Å². The van der Waals surface area contributed by atoms with E-state index in [4.69, 9.17) is 0 Å². The van der Waals surface area contributed by atoms with Crippen LogP contribution in [0.3, 0.4) is 0 Å². The molecule has 3 heteroatoms. The third kappa shape index (κ3) is 1.07. The summed E-state index contributed by atoms with van der Waals surface area (Å²) in [6.07, 6.45) is 1.73. The summed E-state index contributed by atoms with van der Waals surface area (Å²) >= 11 is 0. The first-order valence-electron chi connectivity index (χ1n) is 3.15. The van der Waals surface area contributed by atoms with Gasteiger partial charge in [-0.15, -0.1) is 0 Å². The number of hydrogen-bond acceptors (Lipinski definition) is 2. The van der Waals surface area contributed by atoms with Gasteiger partial charge in [-0.3, -0.25) is 4.79 Å². The summed E-state index contributed by atoms with van der Waals surface area (Å²) in [7, 11) is 0. The molecule has 3 nitrogen and oxygen atoms in total. The highest BCUT2D eigenvalue weighted by atomic mass is 16.2. The maximum absolute atomic E-state index is 10.7. The SMILES string of the molecule is CC(=O)n1cc(C)c(C)n1. The molecule has 1 heterocycles. The van der Waals surface area contributed by atoms with Gasteiger partial charge in [0.15, 0.2) is 0 Å². The fourth-order valence-corrected chi connectivity index (χ4v) is 0.707. The highest BCUT2D eigenvalue weighted by Crippen LogP contribution is 2.01. The molecular weight excluding hydrogens is 128 g/mol. The van der Waals surface area contributed by atoms with Gasteiger partial charge in [0.2, 0.25) is 5.91 Å². The zero-order valence-electron chi connectivity index (χ0n) is 6.38. The van der Waals surface area contributed by atoms with Crippen LogP contribution in [0.5, 0.6) is 0 Å². The van der Waals surface area contributed by atoms with E-state index < -0.39 is 0 Å². The molecule has 54 valence electrons. The monoisotopic (exact) mass is 138 g/mol. The Balaban J connectivity index is 3.10. The molecular formula is C7H10N2O. The molecule has 0 radical (unpaired) electrons. The maximum atomic E-state index is 10.7. The number of hydrogen-bond donors (Lipinski definition) is 0. The number of rotatable bonds is 0. The van der Waals surface area contributed by atoms with Gasteiger partial charge < -0.3 is 0 Å². The van der Waals surface area contributed by atoms with Gasteiger partial charge in [0.1, 0.15) is 0 Å². The van der Waals surface area contributed by atoms with Crippen LogP contribution >= 0.6 is 0 Å². The molecule has 0 fully saturated rings. The van der Waals surface area contributed by atoms with Crippen LogP contribution in [0.1, 0.15) is 23.0 Å². The van der Waals surface area contributed by atoms with E-state index in [0.717, 1.165) is 11.3 Å². The molecule has 1 aromatic heterocycles. The Bertz CT molecular complexity index is 243. The number of aryl methyl sites for hydroxylation is 2. The van der Waals surface area contributed by atoms with E-state index >= 15 is 0 Å². The molecule has 0 aliphatic rings. The van der Waals surface area contributed by atoms with Gasteiger partial charge in [0, 0.05) is 13.1 Å². The topological polar surface area (TPSA) is 34.9 Å². The third-order valence-corrected chi connectivity index (χ3v) is 1.47. The lowest BCUT2D eigenvalue weighted by Crippen LogP contribution is -2.05. The Kier molecular flexibility index (Phi) is 1.57. The van der Waals surface area contributed by atoms with Crippen molar-refractivity contribution in [3.05, 3.63) is 17.5 Å². The summed E-state index contributed by atoms with van der Waals surface area (Å²) in [4.78, 5) is 10.7. The second-order valence-electron chi connectivity index (χ2n) is 2.36. The average Bonchev–Trinajstić information content (AvgIpc) is 2.13. The third-order valence-electron chi connectivity index (χ3n) is 1.47. The average molecular weight is 138 g/mol. The lowest BCUT2D eigenvalue weighted by Gasteiger charge is -1.88. The van der Waals surface area contributed by atoms with Crippen molar-refractivity contribution in [2.45, 2.75) is 20.8 Å². The van der Waals surface area contributed by atoms with Crippen LogP contribution < -0.4 is 0 Å². The first-order valence-corrected chi connectivity index (χ1v) is 3.15. The summed E-state index contributed by atoms with van der Waals surface area (Å²) in [5.74, 6) is -0.0452. The summed E-state index contributed by atoms with van der Waals surface area (Å²) in [6, 6.07) is 0. The lowest BCUT2D eigenvalue weighted by atomic mass is 10.3. The molecule has 0 saturated carbocycles. The number of aromatic nitrogens is 2. The molecule has 0 spiro atoms. The molecule has 0 saturated heterocycles.